The number of aryl methyl sites for hydroxylation is 2. The number of pyridine rings is 1. The van der Waals surface area contributed by atoms with Crippen LogP contribution in [-0.4, -0.2) is 100 Å². The molecule has 0 amide bonds. The molecule has 4 aromatic carbocycles. The van der Waals surface area contributed by atoms with Gasteiger partial charge < -0.3 is 38.7 Å². The third kappa shape index (κ3) is 9.22. The van der Waals surface area contributed by atoms with E-state index in [1.807, 2.05) is 98.1 Å². The van der Waals surface area contributed by atoms with E-state index < -0.39 is 23.9 Å². The number of methoxy groups -OCH3 is 4. The number of hydrogen-bond donors (Lipinski definition) is 3. The number of aromatic amines is 1. The number of carbonyl (C=O) groups is 4. The van der Waals surface area contributed by atoms with Gasteiger partial charge in [-0.25, -0.2) is 29.1 Å². The molecule has 0 atom stereocenters. The summed E-state index contributed by atoms with van der Waals surface area (Å²) >= 11 is 0. The Hall–Kier alpha value is -9.31. The summed E-state index contributed by atoms with van der Waals surface area (Å²) in [6, 6.07) is 38.4. The van der Waals surface area contributed by atoms with Gasteiger partial charge in [0.2, 0.25) is 0 Å². The van der Waals surface area contributed by atoms with Crippen molar-refractivity contribution in [3.05, 3.63) is 172 Å². The van der Waals surface area contributed by atoms with Crippen molar-refractivity contribution in [2.45, 2.75) is 19.3 Å². The van der Waals surface area contributed by atoms with Gasteiger partial charge in [-0.1, -0.05) is 48.5 Å². The largest absolute Gasteiger partial charge is 0.465 e. The second kappa shape index (κ2) is 21.3. The number of benzene rings is 4. The number of fused-ring (bicyclic) bond motifs is 11. The van der Waals surface area contributed by atoms with Crippen molar-refractivity contribution < 1.29 is 48.3 Å². The first-order valence-corrected chi connectivity index (χ1v) is 24.4. The molecule has 0 radical (unpaired) electrons. The van der Waals surface area contributed by atoms with Gasteiger partial charge in [0, 0.05) is 64.8 Å². The van der Waals surface area contributed by atoms with Crippen molar-refractivity contribution in [1.29, 1.82) is 0 Å². The predicted octanol–water partition coefficient (Wildman–Crippen LogP) is 10.5. The quantitative estimate of drug-likeness (QED) is 0.0727. The van der Waals surface area contributed by atoms with Crippen LogP contribution in [-0.2, 0) is 38.8 Å². The normalized spacial score (nSPS) is 11.5. The topological polar surface area (TPSA) is 205 Å². The molecular weight excluding hydrogens is 963 g/mol. The van der Waals surface area contributed by atoms with Crippen LogP contribution in [0, 0.1) is 0 Å². The minimum atomic E-state index is -0.500. The minimum Gasteiger partial charge on any atom is -0.465 e. The Morgan fingerprint density at radius 3 is 1.38 bits per heavy atom. The van der Waals surface area contributed by atoms with E-state index in [1.54, 1.807) is 48.5 Å². The maximum Gasteiger partial charge on any atom is 0.337 e. The first-order valence-electron chi connectivity index (χ1n) is 24.4. The smallest absolute Gasteiger partial charge is 0.337 e. The van der Waals surface area contributed by atoms with Gasteiger partial charge in [0.15, 0.2) is 0 Å². The lowest BCUT2D eigenvalue weighted by Crippen LogP contribution is -2.04. The Bertz CT molecular complexity index is 3820. The van der Waals surface area contributed by atoms with Crippen molar-refractivity contribution in [2.75, 3.05) is 41.7 Å². The summed E-state index contributed by atoms with van der Waals surface area (Å²) in [6.45, 7) is -0.225. The van der Waals surface area contributed by atoms with Crippen molar-refractivity contribution in [1.82, 2.24) is 24.5 Å². The lowest BCUT2D eigenvalue weighted by atomic mass is 9.94. The number of H-pyrrole nitrogens is 1. The molecule has 0 fully saturated rings. The number of esters is 4. The van der Waals surface area contributed by atoms with Gasteiger partial charge >= 0.3 is 23.9 Å². The average molecular weight is 1010 g/mol. The maximum absolute atomic E-state index is 12.9. The lowest BCUT2D eigenvalue weighted by molar-refractivity contribution is 0.0592. The molecule has 15 nitrogen and oxygen atoms in total. The molecule has 76 heavy (non-hydrogen) atoms. The second-order valence-corrected chi connectivity index (χ2v) is 18.0. The molecule has 2 aliphatic rings. The third-order valence-electron chi connectivity index (χ3n) is 13.7. The lowest BCUT2D eigenvalue weighted by Gasteiger charge is -2.14. The molecule has 2 aliphatic heterocycles. The number of carbonyl (C=O) groups excluding carboxylic acids is 4. The van der Waals surface area contributed by atoms with E-state index >= 15 is 0 Å². The van der Waals surface area contributed by atoms with Crippen molar-refractivity contribution in [2.24, 2.45) is 7.05 Å². The molecule has 0 saturated heterocycles. The molecule has 0 unspecified atom stereocenters. The third-order valence-corrected chi connectivity index (χ3v) is 13.7. The average Bonchev–Trinajstić information content (AvgIpc) is 4.31. The van der Waals surface area contributed by atoms with Crippen molar-refractivity contribution >= 4 is 58.1 Å². The number of nitrogens with zero attached hydrogens (tertiary/aromatic N) is 4. The van der Waals surface area contributed by atoms with Gasteiger partial charge in [-0.3, -0.25) is 4.98 Å². The van der Waals surface area contributed by atoms with Crippen LogP contribution in [0.3, 0.4) is 0 Å². The van der Waals surface area contributed by atoms with Crippen LogP contribution >= 0.6 is 0 Å². The molecular formula is C61H51N5O10. The van der Waals surface area contributed by atoms with E-state index in [0.717, 1.165) is 33.3 Å². The molecule has 6 heterocycles. The van der Waals surface area contributed by atoms with E-state index in [0.29, 0.717) is 114 Å². The van der Waals surface area contributed by atoms with Gasteiger partial charge in [-0.15, -0.1) is 0 Å². The van der Waals surface area contributed by atoms with E-state index in [2.05, 4.69) is 9.55 Å². The summed E-state index contributed by atoms with van der Waals surface area (Å²) in [5, 5.41) is 20.6. The monoisotopic (exact) mass is 1010 g/mol. The van der Waals surface area contributed by atoms with Crippen LogP contribution in [0.25, 0.3) is 101 Å². The molecule has 0 saturated carbocycles. The van der Waals surface area contributed by atoms with Gasteiger partial charge in [0.05, 0.1) is 90.2 Å². The molecule has 10 rings (SSSR count). The summed E-state index contributed by atoms with van der Waals surface area (Å²) in [7, 11) is 7.29. The summed E-state index contributed by atoms with van der Waals surface area (Å²) in [6.07, 6.45) is 5.03. The second-order valence-electron chi connectivity index (χ2n) is 18.0. The SMILES string of the molecule is COC(=O)c1ccc(-c2c3nc(c(-c4ccc(C(=O)OC)cc4)c4ccc(c(-c5ccc(C(=O)OC)cc5)c5nc(c(-c6ccc(C(=O)OC)cc6)c6ccc2[nH]6)-c2nc(CCCO)c(CCO)cc2-5)n4C)C=C3)cc1. The Balaban J connectivity index is 1.43. The van der Waals surface area contributed by atoms with Gasteiger partial charge in [0.1, 0.15) is 0 Å². The highest BCUT2D eigenvalue weighted by atomic mass is 16.5. The van der Waals surface area contributed by atoms with E-state index in [9.17, 15) is 29.4 Å². The standard InChI is InChI=1S/C61H51N5O10/c1-66-49-28-29-50(66)54(37-14-22-41(23-15-37)61(72)76-5)55-43-33-42(30-32-68)44(7-6-31-67)64-56(43)57(65-55)53(36-12-20-40(21-13-36)60(71)75-4)48-27-25-46(63-48)51(34-8-16-38(17-9-34)58(69)73-2)45-24-26-47(62-45)52(49)35-10-18-39(19-11-35)59(70)74-3/h8-29,33,63,67-68H,6-7,30-32H2,1-5H3. The Labute approximate surface area is 436 Å². The van der Waals surface area contributed by atoms with Crippen LogP contribution in [0.1, 0.15) is 70.5 Å². The molecule has 380 valence electrons. The zero-order chi connectivity index (χ0) is 53.2. The maximum atomic E-state index is 12.9. The first kappa shape index (κ1) is 50.2. The molecule has 0 aliphatic carbocycles. The molecule has 4 aromatic heterocycles. The Morgan fingerprint density at radius 2 is 0.908 bits per heavy atom. The molecule has 8 bridgehead atoms. The molecule has 15 heteroatoms. The van der Waals surface area contributed by atoms with Crippen LogP contribution in [0.15, 0.2) is 127 Å². The van der Waals surface area contributed by atoms with E-state index in [4.69, 9.17) is 33.9 Å². The highest BCUT2D eigenvalue weighted by Crippen LogP contribution is 2.47. The van der Waals surface area contributed by atoms with Gasteiger partial charge in [0.25, 0.3) is 0 Å². The zero-order valence-corrected chi connectivity index (χ0v) is 42.3. The Morgan fingerprint density at radius 1 is 0.474 bits per heavy atom. The van der Waals surface area contributed by atoms with Crippen LogP contribution in [0.2, 0.25) is 0 Å². The van der Waals surface area contributed by atoms with Crippen molar-refractivity contribution in [3.8, 4) is 67.2 Å². The van der Waals surface area contributed by atoms with Gasteiger partial charge in [-0.05, 0) is 138 Å². The first-order chi connectivity index (χ1) is 37.0. The summed E-state index contributed by atoms with van der Waals surface area (Å²) in [5.74, 6) is -1.96. The summed E-state index contributed by atoms with van der Waals surface area (Å²) in [5.41, 5.74) is 14.8. The molecule has 0 spiro atoms. The highest BCUT2D eigenvalue weighted by Gasteiger charge is 2.29. The van der Waals surface area contributed by atoms with Crippen LogP contribution in [0.5, 0.6) is 0 Å². The van der Waals surface area contributed by atoms with Crippen LogP contribution < -0.4 is 0 Å². The predicted molar refractivity (Wildman–Crippen MR) is 290 cm³/mol. The summed E-state index contributed by atoms with van der Waals surface area (Å²) < 4.78 is 22.3. The van der Waals surface area contributed by atoms with Crippen molar-refractivity contribution in [3.63, 3.8) is 0 Å². The fourth-order valence-electron chi connectivity index (χ4n) is 9.94. The number of ether oxygens (including phenoxy) is 4. The van der Waals surface area contributed by atoms with Gasteiger partial charge in [-0.2, -0.15) is 0 Å². The molecule has 3 N–H and O–H groups in total. The number of aliphatic hydroxyl groups is 2. The summed E-state index contributed by atoms with van der Waals surface area (Å²) in [4.78, 5) is 71.4. The minimum absolute atomic E-state index is 0.0710. The number of aliphatic hydroxyl groups excluding tert-OH is 2. The fraction of sp³-hybridized carbons (Fsp3) is 0.164. The number of hydrogen-bond acceptors (Lipinski definition) is 13. The van der Waals surface area contributed by atoms with E-state index in [-0.39, 0.29) is 19.6 Å². The number of aromatic nitrogens is 5. The van der Waals surface area contributed by atoms with Crippen LogP contribution in [0.4, 0.5) is 0 Å². The Kier molecular flexibility index (Phi) is 14.1. The zero-order valence-electron chi connectivity index (χ0n) is 42.3. The number of nitrogens with one attached hydrogen (secondary N) is 1. The molecule has 8 aromatic rings. The van der Waals surface area contributed by atoms with E-state index in [1.165, 1.54) is 28.4 Å². The fourth-order valence-corrected chi connectivity index (χ4v) is 9.94. The highest BCUT2D eigenvalue weighted by molar-refractivity contribution is 6.05. The number of rotatable bonds is 13.